The van der Waals surface area contributed by atoms with Crippen molar-refractivity contribution in [2.75, 3.05) is 44.9 Å². The van der Waals surface area contributed by atoms with Crippen LogP contribution in [0, 0.1) is 11.8 Å². The van der Waals surface area contributed by atoms with Crippen LogP contribution in [0.4, 0.5) is 5.69 Å². The van der Waals surface area contributed by atoms with Crippen LogP contribution in [0.25, 0.3) is 10.9 Å². The normalized spacial score (nSPS) is 16.6. The fourth-order valence-electron chi connectivity index (χ4n) is 3.97. The fraction of sp³-hybridized carbons (Fsp3) is 0.550. The molecule has 2 heterocycles. The smallest absolute Gasteiger partial charge is 0.274 e. The summed E-state index contributed by atoms with van der Waals surface area (Å²) in [5.41, 5.74) is 1.89. The van der Waals surface area contributed by atoms with Crippen LogP contribution in [0.2, 0.25) is 0 Å². The molecular formula is C20H30N4O5S. The molecule has 0 bridgehead atoms. The highest BCUT2D eigenvalue weighted by Crippen LogP contribution is 2.37. The summed E-state index contributed by atoms with van der Waals surface area (Å²) in [6.45, 7) is 4.25. The molecule has 9 nitrogen and oxygen atoms in total. The van der Waals surface area contributed by atoms with Gasteiger partial charge in [-0.05, 0) is 36.8 Å². The van der Waals surface area contributed by atoms with Gasteiger partial charge in [0.05, 0.1) is 19.2 Å². The minimum absolute atomic E-state index is 0.0763. The third kappa shape index (κ3) is 5.51. The van der Waals surface area contributed by atoms with Crippen molar-refractivity contribution < 1.29 is 23.0 Å². The van der Waals surface area contributed by atoms with E-state index in [2.05, 4.69) is 21.5 Å². The van der Waals surface area contributed by atoms with E-state index in [4.69, 9.17) is 19.7 Å². The van der Waals surface area contributed by atoms with Crippen LogP contribution in [-0.4, -0.2) is 58.5 Å². The molecule has 2 aromatic rings. The Hall–Kier alpha value is -2.14. The van der Waals surface area contributed by atoms with E-state index in [-0.39, 0.29) is 19.1 Å². The number of rotatable bonds is 9. The molecule has 1 aromatic heterocycles. The Morgan fingerprint density at radius 3 is 2.70 bits per heavy atom. The average Bonchev–Trinajstić information content (AvgIpc) is 2.74. The highest BCUT2D eigenvalue weighted by atomic mass is 32.2. The predicted octanol–water partition coefficient (Wildman–Crippen LogP) is 1.26. The quantitative estimate of drug-likeness (QED) is 0.538. The Morgan fingerprint density at radius 2 is 2.07 bits per heavy atom. The first kappa shape index (κ1) is 22.5. The lowest BCUT2D eigenvalue weighted by molar-refractivity contribution is 0.196. The van der Waals surface area contributed by atoms with Crippen LogP contribution in [0.15, 0.2) is 24.4 Å². The number of pyridine rings is 1. The van der Waals surface area contributed by atoms with Gasteiger partial charge in [0.1, 0.15) is 6.61 Å². The summed E-state index contributed by atoms with van der Waals surface area (Å²) >= 11 is 0. The number of aromatic nitrogens is 1. The zero-order chi connectivity index (χ0) is 21.7. The van der Waals surface area contributed by atoms with Gasteiger partial charge in [0.15, 0.2) is 11.5 Å². The monoisotopic (exact) mass is 438 g/mol. The zero-order valence-electron chi connectivity index (χ0n) is 17.4. The predicted molar refractivity (Wildman–Crippen MR) is 116 cm³/mol. The van der Waals surface area contributed by atoms with Gasteiger partial charge in [-0.15, -0.1) is 0 Å². The molecule has 3 rings (SSSR count). The first-order chi connectivity index (χ1) is 14.3. The molecular weight excluding hydrogens is 408 g/mol. The Labute approximate surface area is 177 Å². The number of hydrogen-bond acceptors (Lipinski definition) is 7. The van der Waals surface area contributed by atoms with Crippen molar-refractivity contribution in [1.29, 1.82) is 0 Å². The second-order valence-corrected chi connectivity index (χ2v) is 9.00. The number of nitrogens with one attached hydrogen (secondary N) is 1. The minimum atomic E-state index is -3.66. The first-order valence-electron chi connectivity index (χ1n) is 10.0. The van der Waals surface area contributed by atoms with Gasteiger partial charge in [-0.3, -0.25) is 4.98 Å². The van der Waals surface area contributed by atoms with Crippen molar-refractivity contribution in [1.82, 2.24) is 9.71 Å². The summed E-state index contributed by atoms with van der Waals surface area (Å²) < 4.78 is 35.7. The lowest BCUT2D eigenvalue weighted by atomic mass is 9.85. The van der Waals surface area contributed by atoms with Crippen molar-refractivity contribution in [3.63, 3.8) is 0 Å². The van der Waals surface area contributed by atoms with E-state index in [0.29, 0.717) is 24.0 Å². The number of benzene rings is 1. The van der Waals surface area contributed by atoms with E-state index in [1.807, 2.05) is 18.2 Å². The molecule has 10 heteroatoms. The Balaban J connectivity index is 1.75. The molecule has 0 spiro atoms. The van der Waals surface area contributed by atoms with Crippen LogP contribution in [0.3, 0.4) is 0 Å². The number of nitrogens with zero attached hydrogens (tertiary/aromatic N) is 2. The Bertz CT molecular complexity index is 961. The largest absolute Gasteiger partial charge is 0.493 e. The summed E-state index contributed by atoms with van der Waals surface area (Å²) in [4.78, 5) is 6.79. The van der Waals surface area contributed by atoms with Gasteiger partial charge in [-0.1, -0.05) is 6.92 Å². The Morgan fingerprint density at radius 1 is 1.33 bits per heavy atom. The van der Waals surface area contributed by atoms with E-state index < -0.39 is 10.2 Å². The SMILES string of the molecule is COc1cc2nccc(N3CCC(C(C)CNS(N)(=O)=O)CC3)c2cc1OCCO. The molecule has 0 saturated carbocycles. The van der Waals surface area contributed by atoms with E-state index in [1.165, 1.54) is 0 Å². The molecule has 1 saturated heterocycles. The molecule has 1 fully saturated rings. The number of hydrogen-bond donors (Lipinski definition) is 3. The number of methoxy groups -OCH3 is 1. The highest BCUT2D eigenvalue weighted by Gasteiger charge is 2.25. The maximum absolute atomic E-state index is 11.1. The van der Waals surface area contributed by atoms with Crippen LogP contribution < -0.4 is 24.2 Å². The van der Waals surface area contributed by atoms with Crippen LogP contribution >= 0.6 is 0 Å². The molecule has 0 radical (unpaired) electrons. The molecule has 0 aliphatic carbocycles. The topological polar surface area (TPSA) is 127 Å². The van der Waals surface area contributed by atoms with Gasteiger partial charge >= 0.3 is 0 Å². The average molecular weight is 439 g/mol. The van der Waals surface area contributed by atoms with Crippen LogP contribution in [-0.2, 0) is 10.2 Å². The third-order valence-corrected chi connectivity index (χ3v) is 6.21. The lowest BCUT2D eigenvalue weighted by Gasteiger charge is -2.36. The standard InChI is InChI=1S/C20H30N4O5S/c1-14(13-23-30(21,26)27)15-4-7-24(8-5-15)18-3-6-22-17-12-19(28-2)20(11-16(17)18)29-10-9-25/h3,6,11-12,14-15,23,25H,4-5,7-10,13H2,1-2H3,(H2,21,26,27). The maximum Gasteiger partial charge on any atom is 0.274 e. The van der Waals surface area contributed by atoms with Gasteiger partial charge in [0, 0.05) is 43.0 Å². The molecule has 4 N–H and O–H groups in total. The zero-order valence-corrected chi connectivity index (χ0v) is 18.2. The summed E-state index contributed by atoms with van der Waals surface area (Å²) in [7, 11) is -2.08. The molecule has 1 aromatic carbocycles. The number of anilines is 1. The number of fused-ring (bicyclic) bond motifs is 1. The van der Waals surface area contributed by atoms with Gasteiger partial charge in [0.2, 0.25) is 0 Å². The van der Waals surface area contributed by atoms with Crippen molar-refractivity contribution in [2.24, 2.45) is 17.0 Å². The van der Waals surface area contributed by atoms with E-state index >= 15 is 0 Å². The summed E-state index contributed by atoms with van der Waals surface area (Å²) in [6.07, 6.45) is 3.71. The van der Waals surface area contributed by atoms with Crippen molar-refractivity contribution in [3.8, 4) is 11.5 Å². The molecule has 1 aliphatic heterocycles. The van der Waals surface area contributed by atoms with Crippen LogP contribution in [0.5, 0.6) is 11.5 Å². The fourth-order valence-corrected chi connectivity index (χ4v) is 4.46. The number of aliphatic hydroxyl groups is 1. The van der Waals surface area contributed by atoms with Gasteiger partial charge < -0.3 is 19.5 Å². The number of nitrogens with two attached hydrogens (primary N) is 1. The van der Waals surface area contributed by atoms with Crippen molar-refractivity contribution in [3.05, 3.63) is 24.4 Å². The molecule has 1 unspecified atom stereocenters. The van der Waals surface area contributed by atoms with Gasteiger partial charge in [0.25, 0.3) is 10.2 Å². The highest BCUT2D eigenvalue weighted by molar-refractivity contribution is 7.87. The lowest BCUT2D eigenvalue weighted by Crippen LogP contribution is -2.40. The summed E-state index contributed by atoms with van der Waals surface area (Å²) in [5, 5.41) is 15.1. The van der Waals surface area contributed by atoms with E-state index in [9.17, 15) is 8.42 Å². The van der Waals surface area contributed by atoms with Gasteiger partial charge in [-0.25, -0.2) is 9.86 Å². The second-order valence-electron chi connectivity index (χ2n) is 7.62. The van der Waals surface area contributed by atoms with Crippen LogP contribution in [0.1, 0.15) is 19.8 Å². The molecule has 166 valence electrons. The summed E-state index contributed by atoms with van der Waals surface area (Å²) in [5.74, 6) is 1.79. The number of ether oxygens (including phenoxy) is 2. The third-order valence-electron chi connectivity index (χ3n) is 5.64. The minimum Gasteiger partial charge on any atom is -0.493 e. The first-order valence-corrected chi connectivity index (χ1v) is 11.6. The molecule has 30 heavy (non-hydrogen) atoms. The van der Waals surface area contributed by atoms with E-state index in [0.717, 1.165) is 42.5 Å². The van der Waals surface area contributed by atoms with Gasteiger partial charge in [-0.2, -0.15) is 8.42 Å². The number of aliphatic hydroxyl groups excluding tert-OH is 1. The Kier molecular flexibility index (Phi) is 7.35. The maximum atomic E-state index is 11.1. The molecule has 1 atom stereocenters. The van der Waals surface area contributed by atoms with Crippen molar-refractivity contribution >= 4 is 26.8 Å². The van der Waals surface area contributed by atoms with E-state index in [1.54, 1.807) is 13.3 Å². The summed E-state index contributed by atoms with van der Waals surface area (Å²) in [6, 6.07) is 5.76. The molecule has 0 amide bonds. The van der Waals surface area contributed by atoms with Crippen molar-refractivity contribution in [2.45, 2.75) is 19.8 Å². The number of piperidine rings is 1. The molecule has 1 aliphatic rings. The second kappa shape index (κ2) is 9.78.